The van der Waals surface area contributed by atoms with Crippen LogP contribution in [-0.4, -0.2) is 22.5 Å². The monoisotopic (exact) mass is 344 g/mol. The van der Waals surface area contributed by atoms with Crippen molar-refractivity contribution < 1.29 is 13.6 Å². The molecular weight excluding hydrogens is 328 g/mol. The molecule has 0 bridgehead atoms. The van der Waals surface area contributed by atoms with Crippen LogP contribution in [0.25, 0.3) is 6.08 Å². The van der Waals surface area contributed by atoms with Gasteiger partial charge in [-0.05, 0) is 55.2 Å². The molecular formula is C18H17ClN2O3. The first-order valence-corrected chi connectivity index (χ1v) is 8.56. The summed E-state index contributed by atoms with van der Waals surface area (Å²) in [6.07, 6.45) is 8.21. The van der Waals surface area contributed by atoms with Crippen LogP contribution in [0.3, 0.4) is 0 Å². The molecule has 124 valence electrons. The van der Waals surface area contributed by atoms with E-state index in [9.17, 15) is 4.79 Å². The molecule has 1 amide bonds. The molecule has 0 unspecified atom stereocenters. The van der Waals surface area contributed by atoms with Crippen LogP contribution in [0.2, 0.25) is 0 Å². The number of hydrogen-bond acceptors (Lipinski definition) is 4. The molecule has 1 aliphatic heterocycles. The predicted octanol–water partition coefficient (Wildman–Crippen LogP) is 4.23. The maximum Gasteiger partial charge on any atom is 0.258 e. The number of alkyl halides is 1. The van der Waals surface area contributed by atoms with Crippen molar-refractivity contribution >= 4 is 29.3 Å². The molecule has 2 atom stereocenters. The average molecular weight is 345 g/mol. The van der Waals surface area contributed by atoms with Gasteiger partial charge in [0.15, 0.2) is 0 Å². The first kappa shape index (κ1) is 15.3. The number of rotatable bonds is 3. The van der Waals surface area contributed by atoms with Gasteiger partial charge in [-0.1, -0.05) is 0 Å². The number of halogens is 1. The molecule has 24 heavy (non-hydrogen) atoms. The highest BCUT2D eigenvalue weighted by molar-refractivity contribution is 6.27. The Morgan fingerprint density at radius 1 is 1.33 bits per heavy atom. The largest absolute Gasteiger partial charge is 0.467 e. The van der Waals surface area contributed by atoms with Gasteiger partial charge < -0.3 is 8.83 Å². The molecule has 0 radical (unpaired) electrons. The Bertz CT molecular complexity index is 777. The van der Waals surface area contributed by atoms with E-state index >= 15 is 0 Å². The van der Waals surface area contributed by atoms with Crippen molar-refractivity contribution in [2.45, 2.75) is 25.3 Å². The van der Waals surface area contributed by atoms with Crippen LogP contribution in [0, 0.1) is 5.92 Å². The van der Waals surface area contributed by atoms with Gasteiger partial charge in [0.05, 0.1) is 18.2 Å². The fourth-order valence-corrected chi connectivity index (χ4v) is 3.67. The van der Waals surface area contributed by atoms with Gasteiger partial charge in [-0.3, -0.25) is 4.79 Å². The lowest BCUT2D eigenvalue weighted by atomic mass is 9.79. The van der Waals surface area contributed by atoms with Crippen LogP contribution in [-0.2, 0) is 4.79 Å². The van der Waals surface area contributed by atoms with Crippen molar-refractivity contribution in [2.75, 3.05) is 5.88 Å². The van der Waals surface area contributed by atoms with Crippen molar-refractivity contribution in [3.8, 4) is 0 Å². The van der Waals surface area contributed by atoms with E-state index < -0.39 is 0 Å². The normalized spacial score (nSPS) is 25.0. The summed E-state index contributed by atoms with van der Waals surface area (Å²) in [6.45, 7) is 0. The number of hydrazone groups is 1. The van der Waals surface area contributed by atoms with Gasteiger partial charge in [0.1, 0.15) is 23.4 Å². The highest BCUT2D eigenvalue weighted by Gasteiger charge is 2.44. The second kappa shape index (κ2) is 6.32. The molecule has 1 saturated carbocycles. The third-order valence-corrected chi connectivity index (χ3v) is 4.79. The molecule has 1 aliphatic carbocycles. The fraction of sp³-hybridized carbons (Fsp3) is 0.333. The summed E-state index contributed by atoms with van der Waals surface area (Å²) in [5.74, 6) is 1.36. The van der Waals surface area contributed by atoms with Crippen LogP contribution >= 0.6 is 11.6 Å². The lowest BCUT2D eigenvalue weighted by molar-refractivity contribution is -0.131. The maximum absolute atomic E-state index is 12.3. The molecule has 5 nitrogen and oxygen atoms in total. The Morgan fingerprint density at radius 2 is 2.17 bits per heavy atom. The summed E-state index contributed by atoms with van der Waals surface area (Å²) >= 11 is 5.79. The van der Waals surface area contributed by atoms with Crippen molar-refractivity contribution in [1.82, 2.24) is 5.01 Å². The van der Waals surface area contributed by atoms with Crippen molar-refractivity contribution in [2.24, 2.45) is 11.0 Å². The molecule has 0 saturated heterocycles. The Balaban J connectivity index is 1.74. The van der Waals surface area contributed by atoms with Gasteiger partial charge in [0.25, 0.3) is 5.91 Å². The molecule has 6 heteroatoms. The van der Waals surface area contributed by atoms with Gasteiger partial charge in [-0.15, -0.1) is 11.6 Å². The molecule has 0 spiro atoms. The average Bonchev–Trinajstić information content (AvgIpc) is 3.33. The first-order valence-electron chi connectivity index (χ1n) is 8.02. The summed E-state index contributed by atoms with van der Waals surface area (Å²) in [5.41, 5.74) is 2.06. The van der Waals surface area contributed by atoms with E-state index in [2.05, 4.69) is 5.10 Å². The zero-order valence-corrected chi connectivity index (χ0v) is 13.8. The van der Waals surface area contributed by atoms with Gasteiger partial charge >= 0.3 is 0 Å². The summed E-state index contributed by atoms with van der Waals surface area (Å²) < 4.78 is 11.0. The van der Waals surface area contributed by atoms with Crippen LogP contribution in [0.4, 0.5) is 0 Å². The number of carbonyl (C=O) groups excluding carboxylic acids is 1. The van der Waals surface area contributed by atoms with Crippen LogP contribution < -0.4 is 0 Å². The molecule has 0 aromatic carbocycles. The fourth-order valence-electron chi connectivity index (χ4n) is 3.55. The van der Waals surface area contributed by atoms with E-state index in [1.54, 1.807) is 12.5 Å². The first-order chi connectivity index (χ1) is 11.8. The third kappa shape index (κ3) is 2.59. The molecule has 0 N–H and O–H groups in total. The van der Waals surface area contributed by atoms with Gasteiger partial charge in [-0.25, -0.2) is 5.01 Å². The Kier molecular flexibility index (Phi) is 4.02. The highest BCUT2D eigenvalue weighted by Crippen LogP contribution is 2.44. The van der Waals surface area contributed by atoms with E-state index in [1.165, 1.54) is 5.01 Å². The molecule has 3 heterocycles. The standard InChI is InChI=1S/C18H17ClN2O3/c19-11-16(22)21-18(15-7-3-9-24-15)14-6-1-4-12(17(14)20-21)10-13-5-2-8-23-13/h2-3,5,7-10,14,18H,1,4,6,11H2/b12-10+/t14-,18-/m0/s1. The van der Waals surface area contributed by atoms with E-state index in [4.69, 9.17) is 20.4 Å². The van der Waals surface area contributed by atoms with Gasteiger partial charge in [0, 0.05) is 5.92 Å². The molecule has 2 aliphatic rings. The Morgan fingerprint density at radius 3 is 2.88 bits per heavy atom. The maximum atomic E-state index is 12.3. The Labute approximate surface area is 144 Å². The minimum absolute atomic E-state index is 0.0993. The SMILES string of the molecule is O=C(CCl)N1N=C2/C(=C/c3ccco3)CCC[C@@H]2[C@H]1c1ccco1. The third-order valence-electron chi connectivity index (χ3n) is 4.57. The summed E-state index contributed by atoms with van der Waals surface area (Å²) in [7, 11) is 0. The quantitative estimate of drug-likeness (QED) is 0.783. The van der Waals surface area contributed by atoms with Crippen LogP contribution in [0.1, 0.15) is 36.8 Å². The number of allylic oxidation sites excluding steroid dienone is 1. The number of carbonyl (C=O) groups is 1. The lowest BCUT2D eigenvalue weighted by Gasteiger charge is -2.27. The second-order valence-electron chi connectivity index (χ2n) is 6.00. The Hall–Kier alpha value is -2.27. The number of nitrogens with zero attached hydrogens (tertiary/aromatic N) is 2. The number of amides is 1. The van der Waals surface area contributed by atoms with E-state index in [0.717, 1.165) is 42.1 Å². The van der Waals surface area contributed by atoms with E-state index in [-0.39, 0.29) is 23.7 Å². The van der Waals surface area contributed by atoms with Crippen molar-refractivity contribution in [3.05, 3.63) is 53.9 Å². The number of hydrogen-bond donors (Lipinski definition) is 0. The van der Waals surface area contributed by atoms with Crippen LogP contribution in [0.5, 0.6) is 0 Å². The number of furan rings is 2. The van der Waals surface area contributed by atoms with Crippen molar-refractivity contribution in [1.29, 1.82) is 0 Å². The number of fused-ring (bicyclic) bond motifs is 1. The molecule has 2 aromatic rings. The topological polar surface area (TPSA) is 59.0 Å². The summed E-state index contributed by atoms with van der Waals surface area (Å²) in [4.78, 5) is 12.3. The van der Waals surface area contributed by atoms with E-state index in [1.807, 2.05) is 30.3 Å². The highest BCUT2D eigenvalue weighted by atomic mass is 35.5. The summed E-state index contributed by atoms with van der Waals surface area (Å²) in [5, 5.41) is 6.12. The summed E-state index contributed by atoms with van der Waals surface area (Å²) in [6, 6.07) is 7.28. The van der Waals surface area contributed by atoms with Gasteiger partial charge in [-0.2, -0.15) is 5.10 Å². The lowest BCUT2D eigenvalue weighted by Crippen LogP contribution is -2.32. The molecule has 2 aromatic heterocycles. The smallest absolute Gasteiger partial charge is 0.258 e. The molecule has 1 fully saturated rings. The molecule has 4 rings (SSSR count). The second-order valence-corrected chi connectivity index (χ2v) is 6.27. The zero-order chi connectivity index (χ0) is 16.5. The predicted molar refractivity (Wildman–Crippen MR) is 90.5 cm³/mol. The van der Waals surface area contributed by atoms with Crippen molar-refractivity contribution in [3.63, 3.8) is 0 Å². The zero-order valence-electron chi connectivity index (χ0n) is 13.0. The minimum atomic E-state index is -0.221. The van der Waals surface area contributed by atoms with Gasteiger partial charge in [0.2, 0.25) is 0 Å². The van der Waals surface area contributed by atoms with Crippen LogP contribution in [0.15, 0.2) is 56.3 Å². The van der Waals surface area contributed by atoms with E-state index in [0.29, 0.717) is 0 Å². The minimum Gasteiger partial charge on any atom is -0.467 e.